The van der Waals surface area contributed by atoms with E-state index in [1.54, 1.807) is 48.6 Å². The fourth-order valence-electron chi connectivity index (χ4n) is 3.84. The molecule has 2 aromatic rings. The smallest absolute Gasteiger partial charge is 0.243 e. The van der Waals surface area contributed by atoms with Crippen LogP contribution in [0.25, 0.3) is 0 Å². The van der Waals surface area contributed by atoms with Gasteiger partial charge in [0.2, 0.25) is 15.9 Å². The van der Waals surface area contributed by atoms with Crippen LogP contribution >= 0.6 is 0 Å². The minimum Gasteiger partial charge on any atom is -0.352 e. The molecule has 1 aliphatic heterocycles. The quantitative estimate of drug-likeness (QED) is 0.630. The molecule has 2 atom stereocenters. The molecule has 0 aromatic heterocycles. The first-order valence-electron chi connectivity index (χ1n) is 10.3. The summed E-state index contributed by atoms with van der Waals surface area (Å²) in [5.74, 6) is -0.579. The summed E-state index contributed by atoms with van der Waals surface area (Å²) in [6.07, 6.45) is 6.28. The minimum absolute atomic E-state index is 0.136. The molecule has 0 spiro atoms. The monoisotopic (exact) mass is 436 g/mol. The van der Waals surface area contributed by atoms with Crippen LogP contribution in [0.5, 0.6) is 0 Å². The van der Waals surface area contributed by atoms with Gasteiger partial charge in [-0.3, -0.25) is 4.79 Å². The second-order valence-corrected chi connectivity index (χ2v) is 9.38. The molecule has 2 unspecified atom stereocenters. The zero-order chi connectivity index (χ0) is 22.3. The molecule has 5 nitrogen and oxygen atoms in total. The van der Waals surface area contributed by atoms with Crippen molar-refractivity contribution in [3.8, 4) is 0 Å². The lowest BCUT2D eigenvalue weighted by atomic mass is 9.90. The molecule has 1 aliphatic rings. The number of piperidine rings is 1. The van der Waals surface area contributed by atoms with Gasteiger partial charge < -0.3 is 5.32 Å². The summed E-state index contributed by atoms with van der Waals surface area (Å²) in [6.45, 7) is 7.86. The highest BCUT2D eigenvalue weighted by Gasteiger charge is 2.39. The number of carbonyl (C=O) groups is 1. The van der Waals surface area contributed by atoms with Crippen molar-refractivity contribution in [3.63, 3.8) is 0 Å². The first-order chi connectivity index (χ1) is 15.0. The fraction of sp³-hybridized carbons (Fsp3) is 0.240. The summed E-state index contributed by atoms with van der Waals surface area (Å²) >= 11 is 0. The van der Waals surface area contributed by atoms with Crippen molar-refractivity contribution >= 4 is 15.9 Å². The topological polar surface area (TPSA) is 66.5 Å². The number of hydrogen-bond donors (Lipinski definition) is 1. The van der Waals surface area contributed by atoms with Crippen molar-refractivity contribution in [1.82, 2.24) is 9.62 Å². The lowest BCUT2D eigenvalue weighted by Gasteiger charge is -2.38. The number of nitrogens with zero attached hydrogens (tertiary/aromatic N) is 1. The van der Waals surface area contributed by atoms with E-state index in [1.807, 2.05) is 30.3 Å². The van der Waals surface area contributed by atoms with Gasteiger partial charge in [-0.15, -0.1) is 0 Å². The highest BCUT2D eigenvalue weighted by Crippen LogP contribution is 2.37. The Kier molecular flexibility index (Phi) is 7.60. The molecule has 2 aromatic carbocycles. The second kappa shape index (κ2) is 10.4. The Bertz CT molecular complexity index is 1050. The summed E-state index contributed by atoms with van der Waals surface area (Å²) in [4.78, 5) is 13.1. The number of carbonyl (C=O) groups excluding carboxylic acids is 1. The molecular weight excluding hydrogens is 408 g/mol. The number of benzene rings is 2. The SMILES string of the molecule is C=C/C=C(\C=C)CNC(=O)C1CCC(c2ccccc2)N(S(=O)(=O)c2ccccc2)C1. The molecule has 3 rings (SSSR count). The lowest BCUT2D eigenvalue weighted by molar-refractivity contribution is -0.126. The van der Waals surface area contributed by atoms with Crippen molar-refractivity contribution in [2.75, 3.05) is 13.1 Å². The maximum absolute atomic E-state index is 13.5. The highest BCUT2D eigenvalue weighted by molar-refractivity contribution is 7.89. The van der Waals surface area contributed by atoms with Crippen molar-refractivity contribution in [3.05, 3.63) is 103 Å². The third kappa shape index (κ3) is 5.40. The van der Waals surface area contributed by atoms with Gasteiger partial charge in [-0.05, 0) is 36.1 Å². The van der Waals surface area contributed by atoms with E-state index in [9.17, 15) is 13.2 Å². The van der Waals surface area contributed by atoms with E-state index in [0.717, 1.165) is 11.1 Å². The van der Waals surface area contributed by atoms with Crippen LogP contribution in [0.4, 0.5) is 0 Å². The van der Waals surface area contributed by atoms with E-state index in [2.05, 4.69) is 18.5 Å². The van der Waals surface area contributed by atoms with Crippen LogP contribution in [-0.2, 0) is 14.8 Å². The van der Waals surface area contributed by atoms with Crippen LogP contribution in [-0.4, -0.2) is 31.7 Å². The average molecular weight is 437 g/mol. The molecule has 1 amide bonds. The molecule has 1 saturated heterocycles. The molecule has 162 valence electrons. The predicted molar refractivity (Wildman–Crippen MR) is 124 cm³/mol. The third-order valence-corrected chi connectivity index (χ3v) is 7.39. The van der Waals surface area contributed by atoms with Gasteiger partial charge in [-0.1, -0.05) is 79.9 Å². The van der Waals surface area contributed by atoms with Gasteiger partial charge in [0, 0.05) is 13.1 Å². The van der Waals surface area contributed by atoms with E-state index in [-0.39, 0.29) is 23.4 Å². The lowest BCUT2D eigenvalue weighted by Crippen LogP contribution is -2.47. The molecular formula is C25H28N2O3S. The Morgan fingerprint density at radius 2 is 1.68 bits per heavy atom. The van der Waals surface area contributed by atoms with Crippen molar-refractivity contribution in [1.29, 1.82) is 0 Å². The van der Waals surface area contributed by atoms with Crippen LogP contribution in [0.3, 0.4) is 0 Å². The number of allylic oxidation sites excluding steroid dienone is 2. The van der Waals surface area contributed by atoms with Crippen molar-refractivity contribution in [2.45, 2.75) is 23.8 Å². The summed E-state index contributed by atoms with van der Waals surface area (Å²) in [6, 6.07) is 17.7. The molecule has 1 heterocycles. The minimum atomic E-state index is -3.76. The van der Waals surface area contributed by atoms with Crippen LogP contribution < -0.4 is 5.32 Å². The molecule has 0 saturated carbocycles. The Morgan fingerprint density at radius 1 is 1.03 bits per heavy atom. The van der Waals surface area contributed by atoms with E-state index >= 15 is 0 Å². The zero-order valence-electron chi connectivity index (χ0n) is 17.5. The number of nitrogens with one attached hydrogen (secondary N) is 1. The predicted octanol–water partition coefficient (Wildman–Crippen LogP) is 4.24. The zero-order valence-corrected chi connectivity index (χ0v) is 18.3. The molecule has 6 heteroatoms. The van der Waals surface area contributed by atoms with Gasteiger partial charge in [0.25, 0.3) is 0 Å². The molecule has 0 aliphatic carbocycles. The number of hydrogen-bond acceptors (Lipinski definition) is 3. The first kappa shape index (κ1) is 22.7. The Morgan fingerprint density at radius 3 is 2.29 bits per heavy atom. The number of amides is 1. The molecule has 1 fully saturated rings. The van der Waals surface area contributed by atoms with Crippen molar-refractivity contribution in [2.24, 2.45) is 5.92 Å². The van der Waals surface area contributed by atoms with Gasteiger partial charge in [0.1, 0.15) is 0 Å². The largest absolute Gasteiger partial charge is 0.352 e. The van der Waals surface area contributed by atoms with E-state index in [0.29, 0.717) is 19.4 Å². The third-order valence-electron chi connectivity index (χ3n) is 5.50. The first-order valence-corrected chi connectivity index (χ1v) is 11.7. The standard InChI is InChI=1S/C25H28N2O3S/c1-3-11-20(4-2)18-26-25(28)22-16-17-24(21-12-7-5-8-13-21)27(19-22)31(29,30)23-14-9-6-10-15-23/h3-15,22,24H,1-2,16-19H2,(H,26,28)/b20-11+. The number of rotatable bonds is 8. The fourth-order valence-corrected chi connectivity index (χ4v) is 5.55. The van der Waals surface area contributed by atoms with Gasteiger partial charge in [0.15, 0.2) is 0 Å². The normalized spacial score (nSPS) is 20.1. The van der Waals surface area contributed by atoms with Crippen LogP contribution in [0.2, 0.25) is 0 Å². The summed E-state index contributed by atoms with van der Waals surface area (Å²) in [5.41, 5.74) is 1.78. The van der Waals surface area contributed by atoms with E-state index < -0.39 is 15.9 Å². The number of sulfonamides is 1. The molecule has 0 bridgehead atoms. The Labute approximate surface area is 184 Å². The van der Waals surface area contributed by atoms with E-state index in [4.69, 9.17) is 0 Å². The second-order valence-electron chi connectivity index (χ2n) is 7.49. The van der Waals surface area contributed by atoms with Gasteiger partial charge >= 0.3 is 0 Å². The Hall–Kier alpha value is -2.96. The summed E-state index contributed by atoms with van der Waals surface area (Å²) < 4.78 is 28.5. The maximum atomic E-state index is 13.5. The van der Waals surface area contributed by atoms with Crippen LogP contribution in [0, 0.1) is 5.92 Å². The molecule has 0 radical (unpaired) electrons. The molecule has 31 heavy (non-hydrogen) atoms. The average Bonchev–Trinajstić information content (AvgIpc) is 2.82. The van der Waals surface area contributed by atoms with Crippen LogP contribution in [0.15, 0.2) is 103 Å². The van der Waals surface area contributed by atoms with Gasteiger partial charge in [-0.2, -0.15) is 4.31 Å². The maximum Gasteiger partial charge on any atom is 0.243 e. The van der Waals surface area contributed by atoms with Gasteiger partial charge in [-0.25, -0.2) is 8.42 Å². The van der Waals surface area contributed by atoms with Gasteiger partial charge in [0.05, 0.1) is 16.9 Å². The Balaban J connectivity index is 1.85. The summed E-state index contributed by atoms with van der Waals surface area (Å²) in [7, 11) is -3.76. The molecule has 1 N–H and O–H groups in total. The summed E-state index contributed by atoms with van der Waals surface area (Å²) in [5, 5.41) is 2.91. The van der Waals surface area contributed by atoms with E-state index in [1.165, 1.54) is 4.31 Å². The van der Waals surface area contributed by atoms with Crippen molar-refractivity contribution < 1.29 is 13.2 Å². The van der Waals surface area contributed by atoms with Crippen LogP contribution in [0.1, 0.15) is 24.4 Å². The highest BCUT2D eigenvalue weighted by atomic mass is 32.2.